The van der Waals surface area contributed by atoms with E-state index in [9.17, 15) is 0 Å². The third-order valence-corrected chi connectivity index (χ3v) is 7.31. The van der Waals surface area contributed by atoms with Crippen molar-refractivity contribution < 1.29 is 4.74 Å². The van der Waals surface area contributed by atoms with Gasteiger partial charge in [0.25, 0.3) is 0 Å². The zero-order valence-corrected chi connectivity index (χ0v) is 18.5. The second-order valence-electron chi connectivity index (χ2n) is 7.37. The van der Waals surface area contributed by atoms with Gasteiger partial charge in [-0.05, 0) is 17.7 Å². The van der Waals surface area contributed by atoms with Crippen molar-refractivity contribution in [1.82, 2.24) is 24.8 Å². The number of rotatable bonds is 5. The smallest absolute Gasteiger partial charge is 0.224 e. The Hall–Kier alpha value is -1.36. The van der Waals surface area contributed by atoms with Gasteiger partial charge in [-0.15, -0.1) is 22.7 Å². The first-order valence-corrected chi connectivity index (χ1v) is 12.0. The monoisotopic (exact) mass is 450 g/mol. The molecule has 154 valence electrons. The van der Waals surface area contributed by atoms with Crippen molar-refractivity contribution in [3.8, 4) is 0 Å². The zero-order chi connectivity index (χ0) is 19.6. The Morgan fingerprint density at radius 2 is 1.76 bits per heavy atom. The molecule has 0 radical (unpaired) electrons. The summed E-state index contributed by atoms with van der Waals surface area (Å²) in [6.07, 6.45) is 0. The van der Waals surface area contributed by atoms with E-state index < -0.39 is 0 Å². The van der Waals surface area contributed by atoms with E-state index >= 15 is 0 Å². The molecule has 2 aliphatic heterocycles. The van der Waals surface area contributed by atoms with Crippen LogP contribution in [-0.4, -0.2) is 77.2 Å². The van der Waals surface area contributed by atoms with E-state index in [4.69, 9.17) is 16.3 Å². The summed E-state index contributed by atoms with van der Waals surface area (Å²) < 4.78 is 6.61. The van der Waals surface area contributed by atoms with Crippen LogP contribution in [0.15, 0.2) is 17.0 Å². The van der Waals surface area contributed by atoms with Gasteiger partial charge >= 0.3 is 0 Å². The van der Waals surface area contributed by atoms with Gasteiger partial charge in [0.2, 0.25) is 5.28 Å². The molecule has 2 saturated heterocycles. The lowest BCUT2D eigenvalue weighted by atomic mass is 10.3. The summed E-state index contributed by atoms with van der Waals surface area (Å²) in [5, 5.41) is 2.46. The fourth-order valence-electron chi connectivity index (χ4n) is 3.87. The van der Waals surface area contributed by atoms with Crippen molar-refractivity contribution in [2.24, 2.45) is 0 Å². The van der Waals surface area contributed by atoms with Crippen LogP contribution in [0, 0.1) is 0 Å². The van der Waals surface area contributed by atoms with E-state index in [0.717, 1.165) is 81.6 Å². The van der Waals surface area contributed by atoms with Crippen molar-refractivity contribution in [1.29, 1.82) is 0 Å². The molecule has 0 amide bonds. The van der Waals surface area contributed by atoms with Crippen LogP contribution in [0.25, 0.3) is 10.2 Å². The minimum atomic E-state index is 0.319. The quantitative estimate of drug-likeness (QED) is 0.554. The van der Waals surface area contributed by atoms with Gasteiger partial charge in [0.1, 0.15) is 0 Å². The van der Waals surface area contributed by atoms with Crippen LogP contribution in [-0.2, 0) is 17.8 Å². The number of nitrogens with zero attached hydrogens (tertiary/aromatic N) is 6. The first-order chi connectivity index (χ1) is 14.2. The number of ether oxygens (including phenoxy) is 1. The predicted octanol–water partition coefficient (Wildman–Crippen LogP) is 2.96. The number of hydrogen-bond acceptors (Lipinski definition) is 9. The van der Waals surface area contributed by atoms with Gasteiger partial charge in [-0.2, -0.15) is 4.98 Å². The summed E-state index contributed by atoms with van der Waals surface area (Å²) in [4.78, 5) is 22.0. The van der Waals surface area contributed by atoms with Crippen LogP contribution in [0.3, 0.4) is 0 Å². The molecule has 0 unspecified atom stereocenters. The number of hydrogen-bond donors (Lipinski definition) is 0. The fraction of sp³-hybridized carbons (Fsp3) is 0.526. The lowest BCUT2D eigenvalue weighted by Crippen LogP contribution is -2.45. The standard InChI is InChI=1S/C19H23ClN6OS2/c20-19-22-16-9-15(29-17(16)18(23-19)26-5-7-27-8-6-26)11-25-3-1-24(2-4-25)10-14-12-28-13-21-14/h9,12-13H,1-8,10-11H2. The van der Waals surface area contributed by atoms with E-state index in [-0.39, 0.29) is 0 Å². The molecule has 10 heteroatoms. The summed E-state index contributed by atoms with van der Waals surface area (Å²) in [5.74, 6) is 0.952. The van der Waals surface area contributed by atoms with Crippen LogP contribution in [0.4, 0.5) is 5.82 Å². The number of halogens is 1. The molecule has 7 nitrogen and oxygen atoms in total. The molecule has 5 rings (SSSR count). The highest BCUT2D eigenvalue weighted by Gasteiger charge is 2.21. The van der Waals surface area contributed by atoms with Gasteiger partial charge in [-0.3, -0.25) is 9.80 Å². The molecule has 0 aromatic carbocycles. The van der Waals surface area contributed by atoms with Gasteiger partial charge in [-0.25, -0.2) is 9.97 Å². The number of anilines is 1. The van der Waals surface area contributed by atoms with E-state index in [1.54, 1.807) is 22.7 Å². The minimum absolute atomic E-state index is 0.319. The molecular formula is C19H23ClN6OS2. The Morgan fingerprint density at radius 1 is 1.00 bits per heavy atom. The van der Waals surface area contributed by atoms with E-state index in [1.165, 1.54) is 10.6 Å². The van der Waals surface area contributed by atoms with Crippen molar-refractivity contribution >= 4 is 50.3 Å². The molecule has 0 saturated carbocycles. The Kier molecular flexibility index (Phi) is 5.94. The second-order valence-corrected chi connectivity index (χ2v) is 9.57. The molecule has 0 spiro atoms. The number of fused-ring (bicyclic) bond motifs is 1. The van der Waals surface area contributed by atoms with E-state index in [1.807, 2.05) is 5.51 Å². The third kappa shape index (κ3) is 4.55. The van der Waals surface area contributed by atoms with Crippen LogP contribution >= 0.6 is 34.3 Å². The Morgan fingerprint density at radius 3 is 2.48 bits per heavy atom. The normalized spacial score (nSPS) is 19.3. The molecule has 3 aromatic rings. The van der Waals surface area contributed by atoms with Gasteiger partial charge in [0.15, 0.2) is 5.82 Å². The topological polar surface area (TPSA) is 57.6 Å². The van der Waals surface area contributed by atoms with E-state index in [2.05, 4.69) is 41.1 Å². The second kappa shape index (κ2) is 8.79. The SMILES string of the molecule is Clc1nc(N2CCOCC2)c2sc(CN3CCN(Cc4cscn4)CC3)cc2n1. The fourth-order valence-corrected chi connectivity index (χ4v) is 5.75. The number of aromatic nitrogens is 3. The van der Waals surface area contributed by atoms with Crippen molar-refractivity contribution in [3.63, 3.8) is 0 Å². The van der Waals surface area contributed by atoms with Crippen LogP contribution in [0.1, 0.15) is 10.6 Å². The molecule has 2 fully saturated rings. The number of morpholine rings is 1. The Balaban J connectivity index is 1.26. The average Bonchev–Trinajstić information content (AvgIpc) is 3.39. The maximum atomic E-state index is 6.22. The van der Waals surface area contributed by atoms with Crippen LogP contribution in [0.5, 0.6) is 0 Å². The van der Waals surface area contributed by atoms with Gasteiger partial charge in [0.05, 0.1) is 34.6 Å². The molecule has 0 N–H and O–H groups in total. The largest absolute Gasteiger partial charge is 0.378 e. The number of piperazine rings is 1. The minimum Gasteiger partial charge on any atom is -0.378 e. The summed E-state index contributed by atoms with van der Waals surface area (Å²) in [7, 11) is 0. The maximum absolute atomic E-state index is 6.22. The van der Waals surface area contributed by atoms with E-state index in [0.29, 0.717) is 5.28 Å². The molecular weight excluding hydrogens is 428 g/mol. The molecule has 3 aromatic heterocycles. The summed E-state index contributed by atoms with van der Waals surface area (Å²) in [6, 6.07) is 2.18. The summed E-state index contributed by atoms with van der Waals surface area (Å²) in [5.41, 5.74) is 4.04. The van der Waals surface area contributed by atoms with Crippen LogP contribution in [0.2, 0.25) is 5.28 Å². The van der Waals surface area contributed by atoms with Gasteiger partial charge < -0.3 is 9.64 Å². The lowest BCUT2D eigenvalue weighted by molar-refractivity contribution is 0.122. The van der Waals surface area contributed by atoms with Gasteiger partial charge in [-0.1, -0.05) is 0 Å². The zero-order valence-electron chi connectivity index (χ0n) is 16.1. The molecule has 29 heavy (non-hydrogen) atoms. The Labute approximate surface area is 182 Å². The molecule has 5 heterocycles. The van der Waals surface area contributed by atoms with Gasteiger partial charge in [0, 0.05) is 62.6 Å². The predicted molar refractivity (Wildman–Crippen MR) is 118 cm³/mol. The number of thiophene rings is 1. The highest BCUT2D eigenvalue weighted by atomic mass is 35.5. The Bertz CT molecular complexity index is 951. The summed E-state index contributed by atoms with van der Waals surface area (Å²) >= 11 is 9.68. The van der Waals surface area contributed by atoms with Crippen molar-refractivity contribution in [3.05, 3.63) is 32.8 Å². The molecule has 2 aliphatic rings. The summed E-state index contributed by atoms with van der Waals surface area (Å²) in [6.45, 7) is 9.34. The highest BCUT2D eigenvalue weighted by Crippen LogP contribution is 2.34. The van der Waals surface area contributed by atoms with Crippen LogP contribution < -0.4 is 4.90 Å². The number of thiazole rings is 1. The highest BCUT2D eigenvalue weighted by molar-refractivity contribution is 7.19. The van der Waals surface area contributed by atoms with Crippen molar-refractivity contribution in [2.45, 2.75) is 13.1 Å². The first-order valence-electron chi connectivity index (χ1n) is 9.85. The molecule has 0 bridgehead atoms. The maximum Gasteiger partial charge on any atom is 0.224 e. The molecule has 0 aliphatic carbocycles. The average molecular weight is 451 g/mol. The first kappa shape index (κ1) is 19.6. The molecule has 0 atom stereocenters. The lowest BCUT2D eigenvalue weighted by Gasteiger charge is -2.34. The van der Waals surface area contributed by atoms with Crippen molar-refractivity contribution in [2.75, 3.05) is 57.4 Å². The third-order valence-electron chi connectivity index (χ3n) is 5.40.